The molecule has 0 aliphatic heterocycles. The number of aryl methyl sites for hydroxylation is 2. The molecular formula is C32H49NO. The number of likely N-dealkylation sites (N-methyl/N-ethyl adjacent to an activating group) is 1. The third-order valence-electron chi connectivity index (χ3n) is 6.24. The van der Waals surface area contributed by atoms with E-state index in [0.717, 1.165) is 30.4 Å². The molecule has 1 N–H and O–H groups in total. The van der Waals surface area contributed by atoms with E-state index in [-0.39, 0.29) is 19.4 Å². The van der Waals surface area contributed by atoms with E-state index in [0.29, 0.717) is 12.2 Å². The molecule has 2 unspecified atom stereocenters. The summed E-state index contributed by atoms with van der Waals surface area (Å²) in [5.41, 5.74) is 8.31. The zero-order valence-electron chi connectivity index (χ0n) is 22.2. The largest absolute Gasteiger partial charge is 0.313 e. The first-order valence-electron chi connectivity index (χ1n) is 12.5. The zero-order valence-corrected chi connectivity index (χ0v) is 22.2. The van der Waals surface area contributed by atoms with Crippen LogP contribution in [-0.4, -0.2) is 18.9 Å². The molecule has 188 valence electrons. The number of benzene rings is 2. The molecule has 2 aromatic carbocycles. The number of carbonyl (C=O) groups is 1. The standard InChI is InChI=1S/C29H39NO.C2H6.CH4/c1-8-9-28(31)22(4)14-19-27(30-7)24(6)29(26-17-12-21(3)13-18-26)23(5)25-15-10-20(2)11-16-25;1-2;/h10-13,15-18,22,27,30H,5,8-9,14,19H2,1-4,6-7H3;1-2H3;1H4/b29-24+;;. The van der Waals surface area contributed by atoms with Crippen molar-refractivity contribution in [3.63, 3.8) is 0 Å². The van der Waals surface area contributed by atoms with Gasteiger partial charge in [0, 0.05) is 18.4 Å². The third kappa shape index (κ3) is 9.06. The van der Waals surface area contributed by atoms with E-state index in [2.05, 4.69) is 95.0 Å². The highest BCUT2D eigenvalue weighted by Crippen LogP contribution is 2.35. The third-order valence-corrected chi connectivity index (χ3v) is 6.24. The van der Waals surface area contributed by atoms with E-state index in [4.69, 9.17) is 0 Å². The van der Waals surface area contributed by atoms with Crippen molar-refractivity contribution in [1.82, 2.24) is 5.32 Å². The summed E-state index contributed by atoms with van der Waals surface area (Å²) in [5, 5.41) is 3.49. The number of hydrogen-bond donors (Lipinski definition) is 1. The van der Waals surface area contributed by atoms with Crippen LogP contribution in [-0.2, 0) is 4.79 Å². The van der Waals surface area contributed by atoms with E-state index in [1.165, 1.54) is 27.8 Å². The van der Waals surface area contributed by atoms with Crippen molar-refractivity contribution < 1.29 is 4.79 Å². The number of allylic oxidation sites excluding steroid dienone is 2. The second-order valence-corrected chi connectivity index (χ2v) is 8.80. The Bertz CT molecular complexity index is 903. The van der Waals surface area contributed by atoms with E-state index in [9.17, 15) is 4.79 Å². The molecule has 0 spiro atoms. The fraction of sp³-hybridized carbons (Fsp3) is 0.469. The maximum atomic E-state index is 12.3. The summed E-state index contributed by atoms with van der Waals surface area (Å²) in [6.07, 6.45) is 3.42. The van der Waals surface area contributed by atoms with Crippen LogP contribution < -0.4 is 5.32 Å². The normalized spacial score (nSPS) is 12.9. The molecular weight excluding hydrogens is 414 g/mol. The molecule has 0 saturated heterocycles. The van der Waals surface area contributed by atoms with Gasteiger partial charge in [0.15, 0.2) is 0 Å². The van der Waals surface area contributed by atoms with Gasteiger partial charge in [-0.3, -0.25) is 4.79 Å². The van der Waals surface area contributed by atoms with Crippen LogP contribution in [0.3, 0.4) is 0 Å². The van der Waals surface area contributed by atoms with E-state index in [1.807, 2.05) is 20.9 Å². The second kappa shape index (κ2) is 16.2. The molecule has 2 nitrogen and oxygen atoms in total. The van der Waals surface area contributed by atoms with Crippen LogP contribution in [0.25, 0.3) is 11.1 Å². The van der Waals surface area contributed by atoms with Crippen LogP contribution in [0.4, 0.5) is 0 Å². The van der Waals surface area contributed by atoms with Crippen LogP contribution in [0.15, 0.2) is 60.7 Å². The minimum atomic E-state index is 0. The fourth-order valence-corrected chi connectivity index (χ4v) is 4.08. The molecule has 34 heavy (non-hydrogen) atoms. The van der Waals surface area contributed by atoms with E-state index < -0.39 is 0 Å². The highest BCUT2D eigenvalue weighted by atomic mass is 16.1. The Kier molecular flexibility index (Phi) is 15.1. The first-order valence-corrected chi connectivity index (χ1v) is 12.5. The first kappa shape index (κ1) is 31.6. The van der Waals surface area contributed by atoms with Gasteiger partial charge in [-0.05, 0) is 74.9 Å². The number of nitrogens with one attached hydrogen (secondary N) is 1. The van der Waals surface area contributed by atoms with Crippen molar-refractivity contribution in [2.45, 2.75) is 87.6 Å². The first-order chi connectivity index (χ1) is 15.8. The number of hydrogen-bond acceptors (Lipinski definition) is 2. The molecule has 0 saturated carbocycles. The van der Waals surface area contributed by atoms with E-state index >= 15 is 0 Å². The Labute approximate surface area is 210 Å². The smallest absolute Gasteiger partial charge is 0.135 e. The summed E-state index contributed by atoms with van der Waals surface area (Å²) in [6.45, 7) is 19.1. The topological polar surface area (TPSA) is 29.1 Å². The van der Waals surface area contributed by atoms with Gasteiger partial charge < -0.3 is 5.32 Å². The Morgan fingerprint density at radius 3 is 1.82 bits per heavy atom. The molecule has 2 aromatic rings. The summed E-state index contributed by atoms with van der Waals surface area (Å²) in [6, 6.07) is 17.5. The molecule has 0 fully saturated rings. The second-order valence-electron chi connectivity index (χ2n) is 8.80. The molecule has 0 bridgehead atoms. The Balaban J connectivity index is 0.00000353. The van der Waals surface area contributed by atoms with E-state index in [1.54, 1.807) is 0 Å². The average Bonchev–Trinajstić information content (AvgIpc) is 2.82. The molecule has 2 rings (SSSR count). The van der Waals surface area contributed by atoms with Gasteiger partial charge in [0.1, 0.15) is 5.78 Å². The lowest BCUT2D eigenvalue weighted by atomic mass is 9.85. The summed E-state index contributed by atoms with van der Waals surface area (Å²) >= 11 is 0. The van der Waals surface area contributed by atoms with Crippen LogP contribution in [0.5, 0.6) is 0 Å². The predicted molar refractivity (Wildman–Crippen MR) is 153 cm³/mol. The number of rotatable bonds is 11. The van der Waals surface area contributed by atoms with Gasteiger partial charge in [-0.1, -0.05) is 101 Å². The molecule has 2 atom stereocenters. The Hall–Kier alpha value is -2.45. The van der Waals surface area contributed by atoms with Gasteiger partial charge in [-0.15, -0.1) is 0 Å². The van der Waals surface area contributed by atoms with Crippen molar-refractivity contribution >= 4 is 16.9 Å². The Morgan fingerprint density at radius 1 is 0.912 bits per heavy atom. The van der Waals surface area contributed by atoms with Gasteiger partial charge in [-0.2, -0.15) is 0 Å². The number of carbonyl (C=O) groups excluding carboxylic acids is 1. The van der Waals surface area contributed by atoms with Crippen molar-refractivity contribution in [3.05, 3.63) is 82.9 Å². The molecule has 0 aliphatic carbocycles. The zero-order chi connectivity index (χ0) is 25.0. The molecule has 0 radical (unpaired) electrons. The molecule has 0 heterocycles. The van der Waals surface area contributed by atoms with Crippen molar-refractivity contribution in [2.24, 2.45) is 5.92 Å². The van der Waals surface area contributed by atoms with Gasteiger partial charge in [-0.25, -0.2) is 0 Å². The summed E-state index contributed by atoms with van der Waals surface area (Å²) in [7, 11) is 2.01. The lowest BCUT2D eigenvalue weighted by molar-refractivity contribution is -0.122. The lowest BCUT2D eigenvalue weighted by Crippen LogP contribution is -2.28. The molecule has 0 aliphatic rings. The maximum Gasteiger partial charge on any atom is 0.135 e. The van der Waals surface area contributed by atoms with Crippen molar-refractivity contribution in [2.75, 3.05) is 7.05 Å². The van der Waals surface area contributed by atoms with Crippen LogP contribution >= 0.6 is 0 Å². The number of ketones is 1. The minimum absolute atomic E-state index is 0. The average molecular weight is 464 g/mol. The molecule has 0 amide bonds. The highest BCUT2D eigenvalue weighted by molar-refractivity contribution is 6.05. The lowest BCUT2D eigenvalue weighted by Gasteiger charge is -2.24. The van der Waals surface area contributed by atoms with Gasteiger partial charge >= 0.3 is 0 Å². The maximum absolute atomic E-state index is 12.3. The predicted octanol–water partition coefficient (Wildman–Crippen LogP) is 8.83. The van der Waals surface area contributed by atoms with Crippen molar-refractivity contribution in [1.29, 1.82) is 0 Å². The summed E-state index contributed by atoms with van der Waals surface area (Å²) in [4.78, 5) is 12.3. The quantitative estimate of drug-likeness (QED) is 0.337. The highest BCUT2D eigenvalue weighted by Gasteiger charge is 2.20. The van der Waals surface area contributed by atoms with Crippen LogP contribution in [0, 0.1) is 19.8 Å². The summed E-state index contributed by atoms with van der Waals surface area (Å²) in [5.74, 6) is 0.480. The minimum Gasteiger partial charge on any atom is -0.313 e. The van der Waals surface area contributed by atoms with Crippen LogP contribution in [0.2, 0.25) is 0 Å². The fourth-order valence-electron chi connectivity index (χ4n) is 4.08. The van der Waals surface area contributed by atoms with Gasteiger partial charge in [0.25, 0.3) is 0 Å². The SMILES string of the molecule is C.C=C(/C(=C(/C)C(CCC(C)C(=O)CCC)NC)c1ccc(C)cc1)c1ccc(C)cc1.CC. The number of Topliss-reactive ketones (excluding diaryl/α,β-unsaturated/α-hetero) is 1. The van der Waals surface area contributed by atoms with Crippen LogP contribution in [0.1, 0.15) is 90.0 Å². The molecule has 0 aromatic heterocycles. The van der Waals surface area contributed by atoms with Gasteiger partial charge in [0.05, 0.1) is 0 Å². The summed E-state index contributed by atoms with van der Waals surface area (Å²) < 4.78 is 0. The monoisotopic (exact) mass is 463 g/mol. The van der Waals surface area contributed by atoms with Crippen molar-refractivity contribution in [3.8, 4) is 0 Å². The Morgan fingerprint density at radius 2 is 1.38 bits per heavy atom. The van der Waals surface area contributed by atoms with Gasteiger partial charge in [0.2, 0.25) is 0 Å². The molecule has 2 heteroatoms.